The summed E-state index contributed by atoms with van der Waals surface area (Å²) in [4.78, 5) is 26.1. The van der Waals surface area contributed by atoms with E-state index in [1.165, 1.54) is 0 Å². The second-order valence-corrected chi connectivity index (χ2v) is 5.50. The molecule has 0 aromatic carbocycles. The Morgan fingerprint density at radius 3 is 2.63 bits per heavy atom. The molecule has 1 aliphatic rings. The van der Waals surface area contributed by atoms with Gasteiger partial charge in [0.25, 0.3) is 0 Å². The Morgan fingerprint density at radius 2 is 2.05 bits per heavy atom. The molecule has 2 unspecified atom stereocenters. The van der Waals surface area contributed by atoms with Crippen molar-refractivity contribution in [3.05, 3.63) is 0 Å². The number of nitrogens with one attached hydrogen (secondary N) is 1. The lowest BCUT2D eigenvalue weighted by Gasteiger charge is -2.34. The van der Waals surface area contributed by atoms with Crippen molar-refractivity contribution < 1.29 is 14.3 Å². The lowest BCUT2D eigenvalue weighted by Crippen LogP contribution is -2.56. The van der Waals surface area contributed by atoms with Gasteiger partial charge in [-0.2, -0.15) is 0 Å². The molecule has 19 heavy (non-hydrogen) atoms. The third kappa shape index (κ3) is 4.91. The summed E-state index contributed by atoms with van der Waals surface area (Å²) in [5.41, 5.74) is 0. The first-order chi connectivity index (χ1) is 8.95. The molecule has 1 saturated heterocycles. The van der Waals surface area contributed by atoms with Gasteiger partial charge in [-0.1, -0.05) is 13.8 Å². The largest absolute Gasteiger partial charge is 0.378 e. The van der Waals surface area contributed by atoms with Crippen LogP contribution in [-0.4, -0.2) is 55.0 Å². The summed E-state index contributed by atoms with van der Waals surface area (Å²) in [5.74, 6) is 0.204. The minimum absolute atomic E-state index is 0.0494. The number of hydrogen-bond acceptors (Lipinski definition) is 4. The SMILES string of the molecule is CCC(C)C(=O)CN1CCOCC1C(=O)NC(C)C. The third-order valence-corrected chi connectivity index (χ3v) is 3.49. The maximum atomic E-state index is 12.1. The summed E-state index contributed by atoms with van der Waals surface area (Å²) in [6.45, 7) is 9.72. The summed E-state index contributed by atoms with van der Waals surface area (Å²) < 4.78 is 5.37. The number of hydrogen-bond donors (Lipinski definition) is 1. The highest BCUT2D eigenvalue weighted by Gasteiger charge is 2.31. The smallest absolute Gasteiger partial charge is 0.239 e. The fourth-order valence-electron chi connectivity index (χ4n) is 2.03. The van der Waals surface area contributed by atoms with Gasteiger partial charge in [0.05, 0.1) is 19.8 Å². The van der Waals surface area contributed by atoms with Crippen LogP contribution < -0.4 is 5.32 Å². The number of rotatable bonds is 6. The van der Waals surface area contributed by atoms with E-state index in [2.05, 4.69) is 5.32 Å². The van der Waals surface area contributed by atoms with E-state index in [0.29, 0.717) is 26.3 Å². The van der Waals surface area contributed by atoms with Crippen LogP contribution in [0.25, 0.3) is 0 Å². The zero-order valence-electron chi connectivity index (χ0n) is 12.4. The first-order valence-electron chi connectivity index (χ1n) is 7.10. The predicted octanol–water partition coefficient (Wildman–Crippen LogP) is 0.827. The lowest BCUT2D eigenvalue weighted by molar-refractivity contribution is -0.136. The van der Waals surface area contributed by atoms with Crippen molar-refractivity contribution in [2.45, 2.75) is 46.2 Å². The van der Waals surface area contributed by atoms with Crippen molar-refractivity contribution in [1.29, 1.82) is 0 Å². The van der Waals surface area contributed by atoms with Crippen LogP contribution in [0.4, 0.5) is 0 Å². The van der Waals surface area contributed by atoms with Gasteiger partial charge in [0, 0.05) is 18.5 Å². The van der Waals surface area contributed by atoms with Gasteiger partial charge in [-0.3, -0.25) is 14.5 Å². The molecule has 0 aromatic rings. The van der Waals surface area contributed by atoms with E-state index in [0.717, 1.165) is 6.42 Å². The highest BCUT2D eigenvalue weighted by atomic mass is 16.5. The Bertz CT molecular complexity index is 318. The van der Waals surface area contributed by atoms with Crippen LogP contribution in [0.1, 0.15) is 34.1 Å². The van der Waals surface area contributed by atoms with Crippen LogP contribution in [0, 0.1) is 5.92 Å². The normalized spacial score (nSPS) is 22.3. The summed E-state index contributed by atoms with van der Waals surface area (Å²) in [6.07, 6.45) is 0.839. The molecule has 0 aromatic heterocycles. The summed E-state index contributed by atoms with van der Waals surface area (Å²) in [5, 5.41) is 2.89. The second-order valence-electron chi connectivity index (χ2n) is 5.50. The molecule has 5 nitrogen and oxygen atoms in total. The van der Waals surface area contributed by atoms with Gasteiger partial charge in [-0.15, -0.1) is 0 Å². The predicted molar refractivity (Wildman–Crippen MR) is 73.9 cm³/mol. The molecule has 110 valence electrons. The number of carbonyl (C=O) groups is 2. The maximum absolute atomic E-state index is 12.1. The number of nitrogens with zero attached hydrogens (tertiary/aromatic N) is 1. The van der Waals surface area contributed by atoms with Gasteiger partial charge in [0.15, 0.2) is 0 Å². The van der Waals surface area contributed by atoms with E-state index in [1.54, 1.807) is 0 Å². The highest BCUT2D eigenvalue weighted by Crippen LogP contribution is 2.11. The van der Waals surface area contributed by atoms with Crippen molar-refractivity contribution in [2.24, 2.45) is 5.92 Å². The Balaban J connectivity index is 2.62. The highest BCUT2D eigenvalue weighted by molar-refractivity contribution is 5.85. The van der Waals surface area contributed by atoms with Crippen LogP contribution in [0.15, 0.2) is 0 Å². The molecule has 1 aliphatic heterocycles. The summed E-state index contributed by atoms with van der Waals surface area (Å²) in [6, 6.07) is -0.245. The molecule has 1 fully saturated rings. The second kappa shape index (κ2) is 7.60. The molecular weight excluding hydrogens is 244 g/mol. The summed E-state index contributed by atoms with van der Waals surface area (Å²) >= 11 is 0. The monoisotopic (exact) mass is 270 g/mol. The van der Waals surface area contributed by atoms with E-state index < -0.39 is 0 Å². The van der Waals surface area contributed by atoms with Gasteiger partial charge < -0.3 is 10.1 Å². The van der Waals surface area contributed by atoms with Crippen LogP contribution >= 0.6 is 0 Å². The van der Waals surface area contributed by atoms with E-state index in [1.807, 2.05) is 32.6 Å². The minimum atomic E-state index is -0.343. The van der Waals surface area contributed by atoms with Gasteiger partial charge in [0.2, 0.25) is 5.91 Å². The van der Waals surface area contributed by atoms with Crippen LogP contribution in [0.3, 0.4) is 0 Å². The van der Waals surface area contributed by atoms with Crippen LogP contribution in [-0.2, 0) is 14.3 Å². The molecule has 0 saturated carbocycles. The summed E-state index contributed by atoms with van der Waals surface area (Å²) in [7, 11) is 0. The van der Waals surface area contributed by atoms with Gasteiger partial charge in [-0.05, 0) is 20.3 Å². The van der Waals surface area contributed by atoms with Gasteiger partial charge in [0.1, 0.15) is 11.8 Å². The molecule has 0 spiro atoms. The third-order valence-electron chi connectivity index (χ3n) is 3.49. The first-order valence-corrected chi connectivity index (χ1v) is 7.10. The van der Waals surface area contributed by atoms with Gasteiger partial charge >= 0.3 is 0 Å². The zero-order valence-corrected chi connectivity index (χ0v) is 12.4. The number of Topliss-reactive ketones (excluding diaryl/α,β-unsaturated/α-hetero) is 1. The number of carbonyl (C=O) groups excluding carboxylic acids is 2. The molecule has 1 N–H and O–H groups in total. The van der Waals surface area contributed by atoms with Crippen molar-refractivity contribution >= 4 is 11.7 Å². The van der Waals surface area contributed by atoms with Crippen molar-refractivity contribution in [3.8, 4) is 0 Å². The molecule has 2 atom stereocenters. The molecule has 0 bridgehead atoms. The number of ketones is 1. The molecule has 1 rings (SSSR count). The van der Waals surface area contributed by atoms with Crippen LogP contribution in [0.5, 0.6) is 0 Å². The number of amides is 1. The molecule has 0 aliphatic carbocycles. The number of morpholine rings is 1. The first kappa shape index (κ1) is 16.1. The molecule has 5 heteroatoms. The average Bonchev–Trinajstić information content (AvgIpc) is 2.37. The average molecular weight is 270 g/mol. The fraction of sp³-hybridized carbons (Fsp3) is 0.857. The molecular formula is C14H26N2O3. The Morgan fingerprint density at radius 1 is 1.37 bits per heavy atom. The van der Waals surface area contributed by atoms with Crippen LogP contribution in [0.2, 0.25) is 0 Å². The van der Waals surface area contributed by atoms with E-state index in [-0.39, 0.29) is 29.7 Å². The minimum Gasteiger partial charge on any atom is -0.378 e. The lowest BCUT2D eigenvalue weighted by atomic mass is 10.0. The standard InChI is InChI=1S/C14H26N2O3/c1-5-11(4)13(17)8-16-6-7-19-9-12(16)14(18)15-10(2)3/h10-12H,5-9H2,1-4H3,(H,15,18). The maximum Gasteiger partial charge on any atom is 0.239 e. The molecule has 1 amide bonds. The quantitative estimate of drug-likeness (QED) is 0.776. The van der Waals surface area contributed by atoms with Gasteiger partial charge in [-0.25, -0.2) is 0 Å². The Hall–Kier alpha value is -0.940. The van der Waals surface area contributed by atoms with Crippen molar-refractivity contribution in [3.63, 3.8) is 0 Å². The van der Waals surface area contributed by atoms with Crippen molar-refractivity contribution in [2.75, 3.05) is 26.3 Å². The Labute approximate surface area is 115 Å². The molecule has 0 radical (unpaired) electrons. The van der Waals surface area contributed by atoms with Crippen molar-refractivity contribution in [1.82, 2.24) is 10.2 Å². The van der Waals surface area contributed by atoms with E-state index in [9.17, 15) is 9.59 Å². The van der Waals surface area contributed by atoms with E-state index in [4.69, 9.17) is 4.74 Å². The fourth-order valence-corrected chi connectivity index (χ4v) is 2.03. The molecule has 1 heterocycles. The zero-order chi connectivity index (χ0) is 14.4. The van der Waals surface area contributed by atoms with E-state index >= 15 is 0 Å². The Kier molecular flexibility index (Phi) is 6.45. The number of ether oxygens (including phenoxy) is 1. The topological polar surface area (TPSA) is 58.6 Å².